The van der Waals surface area contributed by atoms with Crippen LogP contribution in [0.4, 0.5) is 0 Å². The van der Waals surface area contributed by atoms with Gasteiger partial charge in [0.25, 0.3) is 0 Å². The van der Waals surface area contributed by atoms with Crippen LogP contribution in [0.1, 0.15) is 11.1 Å². The van der Waals surface area contributed by atoms with Gasteiger partial charge in [-0.1, -0.05) is 59.7 Å². The lowest BCUT2D eigenvalue weighted by Gasteiger charge is -1.99. The Morgan fingerprint density at radius 1 is 0.433 bits per heavy atom. The highest BCUT2D eigenvalue weighted by molar-refractivity contribution is 6.16. The summed E-state index contributed by atoms with van der Waals surface area (Å²) in [6.07, 6.45) is 0. The predicted molar refractivity (Wildman–Crippen MR) is 124 cm³/mol. The Labute approximate surface area is 174 Å². The first-order chi connectivity index (χ1) is 14.7. The third-order valence-electron chi connectivity index (χ3n) is 5.87. The highest BCUT2D eigenvalue weighted by Crippen LogP contribution is 2.38. The van der Waals surface area contributed by atoms with Crippen LogP contribution in [0.25, 0.3) is 55.4 Å². The van der Waals surface area contributed by atoms with Crippen molar-refractivity contribution in [1.29, 1.82) is 0 Å². The Morgan fingerprint density at radius 3 is 1.23 bits per heavy atom. The zero-order valence-electron chi connectivity index (χ0n) is 16.9. The maximum Gasteiger partial charge on any atom is 0.135 e. The van der Waals surface area contributed by atoms with E-state index in [1.54, 1.807) is 0 Å². The van der Waals surface area contributed by atoms with E-state index in [-0.39, 0.29) is 0 Å². The second-order valence-electron chi connectivity index (χ2n) is 8.00. The van der Waals surface area contributed by atoms with Crippen molar-refractivity contribution in [3.63, 3.8) is 0 Å². The van der Waals surface area contributed by atoms with Crippen LogP contribution < -0.4 is 0 Å². The van der Waals surface area contributed by atoms with Crippen molar-refractivity contribution in [3.05, 3.63) is 96.1 Å². The van der Waals surface area contributed by atoms with Crippen LogP contribution in [0.3, 0.4) is 0 Å². The summed E-state index contributed by atoms with van der Waals surface area (Å²) in [6, 6.07) is 29.6. The molecule has 0 aliphatic heterocycles. The monoisotopic (exact) mass is 388 g/mol. The highest BCUT2D eigenvalue weighted by Gasteiger charge is 2.14. The van der Waals surface area contributed by atoms with Crippen molar-refractivity contribution in [2.45, 2.75) is 13.8 Å². The Hall–Kier alpha value is -3.78. The lowest BCUT2D eigenvalue weighted by atomic mass is 10.0. The number of benzene rings is 4. The van der Waals surface area contributed by atoms with Gasteiger partial charge in [0, 0.05) is 21.9 Å². The number of aryl methyl sites for hydroxylation is 2. The van der Waals surface area contributed by atoms with Crippen LogP contribution in [0, 0.1) is 13.8 Å². The first-order valence-corrected chi connectivity index (χ1v) is 10.2. The van der Waals surface area contributed by atoms with Gasteiger partial charge in [-0.3, -0.25) is 0 Å². The second-order valence-corrected chi connectivity index (χ2v) is 8.00. The van der Waals surface area contributed by atoms with Crippen molar-refractivity contribution >= 4 is 32.7 Å². The average Bonchev–Trinajstić information content (AvgIpc) is 3.39. The number of furan rings is 2. The third-order valence-corrected chi connectivity index (χ3v) is 5.87. The van der Waals surface area contributed by atoms with Crippen molar-refractivity contribution < 1.29 is 8.83 Å². The van der Waals surface area contributed by atoms with Crippen LogP contribution in [-0.4, -0.2) is 0 Å². The van der Waals surface area contributed by atoms with Gasteiger partial charge in [-0.15, -0.1) is 0 Å². The molecule has 0 N–H and O–H groups in total. The molecule has 0 aliphatic rings. The maximum atomic E-state index is 6.18. The fourth-order valence-electron chi connectivity index (χ4n) is 4.17. The minimum absolute atomic E-state index is 0.894. The van der Waals surface area contributed by atoms with Gasteiger partial charge in [0.1, 0.15) is 22.7 Å². The molecule has 0 amide bonds. The molecular formula is C28H20O2. The van der Waals surface area contributed by atoms with Gasteiger partial charge >= 0.3 is 0 Å². The quantitative estimate of drug-likeness (QED) is 0.298. The van der Waals surface area contributed by atoms with Gasteiger partial charge in [-0.25, -0.2) is 0 Å². The molecule has 4 aromatic carbocycles. The number of hydrogen-bond acceptors (Lipinski definition) is 2. The predicted octanol–water partition coefficient (Wildman–Crippen LogP) is 8.28. The van der Waals surface area contributed by atoms with E-state index in [0.29, 0.717) is 0 Å². The first-order valence-electron chi connectivity index (χ1n) is 10.2. The van der Waals surface area contributed by atoms with Crippen LogP contribution >= 0.6 is 0 Å². The average molecular weight is 388 g/mol. The van der Waals surface area contributed by atoms with Crippen LogP contribution in [-0.2, 0) is 0 Å². The lowest BCUT2D eigenvalue weighted by Crippen LogP contribution is -1.75. The van der Waals surface area contributed by atoms with Crippen LogP contribution in [0.5, 0.6) is 0 Å². The fraction of sp³-hybridized carbons (Fsp3) is 0.0714. The Morgan fingerprint density at radius 2 is 0.833 bits per heavy atom. The summed E-state index contributed by atoms with van der Waals surface area (Å²) in [5.41, 5.74) is 6.48. The van der Waals surface area contributed by atoms with E-state index < -0.39 is 0 Å². The molecule has 30 heavy (non-hydrogen) atoms. The van der Waals surface area contributed by atoms with Crippen molar-refractivity contribution in [2.24, 2.45) is 0 Å². The summed E-state index contributed by atoms with van der Waals surface area (Å²) >= 11 is 0. The van der Waals surface area contributed by atoms with E-state index in [0.717, 1.165) is 44.6 Å². The molecule has 6 rings (SSSR count). The standard InChI is InChI=1S/C28H20O2/c1-17-3-7-19(8-4-17)27-15-23-21-12-14-26-24(22(21)11-13-25(23)29-27)16-28(30-26)20-9-5-18(2)6-10-20/h3-16H,1-2H3. The first kappa shape index (κ1) is 17.1. The summed E-state index contributed by atoms with van der Waals surface area (Å²) < 4.78 is 12.4. The molecule has 0 spiro atoms. The van der Waals surface area contributed by atoms with Crippen molar-refractivity contribution in [1.82, 2.24) is 0 Å². The lowest BCUT2D eigenvalue weighted by molar-refractivity contribution is 0.631. The van der Waals surface area contributed by atoms with Gasteiger partial charge in [0.05, 0.1) is 0 Å². The van der Waals surface area contributed by atoms with Crippen LogP contribution in [0.15, 0.2) is 93.8 Å². The zero-order chi connectivity index (χ0) is 20.2. The third kappa shape index (κ3) is 2.65. The largest absolute Gasteiger partial charge is 0.456 e. The highest BCUT2D eigenvalue weighted by atomic mass is 16.3. The minimum atomic E-state index is 0.894. The molecule has 0 radical (unpaired) electrons. The SMILES string of the molecule is Cc1ccc(-c2cc3c(ccc4c5cc(-c6ccc(C)cc6)oc5ccc34)o2)cc1. The molecule has 0 aliphatic carbocycles. The molecule has 144 valence electrons. The second kappa shape index (κ2) is 6.36. The summed E-state index contributed by atoms with van der Waals surface area (Å²) in [5.74, 6) is 1.79. The number of fused-ring (bicyclic) bond motifs is 5. The van der Waals surface area contributed by atoms with Gasteiger partial charge in [-0.05, 0) is 61.0 Å². The van der Waals surface area contributed by atoms with Crippen molar-refractivity contribution in [3.8, 4) is 22.6 Å². The van der Waals surface area contributed by atoms with Gasteiger partial charge < -0.3 is 8.83 Å². The molecule has 2 heterocycles. The number of rotatable bonds is 2. The molecule has 0 atom stereocenters. The van der Waals surface area contributed by atoms with E-state index in [1.165, 1.54) is 21.9 Å². The Kier molecular flexibility index (Phi) is 3.63. The van der Waals surface area contributed by atoms with Crippen LogP contribution in [0.2, 0.25) is 0 Å². The van der Waals surface area contributed by atoms with E-state index in [4.69, 9.17) is 8.83 Å². The molecule has 0 saturated carbocycles. The smallest absolute Gasteiger partial charge is 0.135 e. The summed E-state index contributed by atoms with van der Waals surface area (Å²) in [4.78, 5) is 0. The maximum absolute atomic E-state index is 6.18. The Balaban J connectivity index is 1.54. The molecule has 2 nitrogen and oxygen atoms in total. The minimum Gasteiger partial charge on any atom is -0.456 e. The van der Waals surface area contributed by atoms with E-state index >= 15 is 0 Å². The molecular weight excluding hydrogens is 368 g/mol. The molecule has 2 heteroatoms. The van der Waals surface area contributed by atoms with Crippen molar-refractivity contribution in [2.75, 3.05) is 0 Å². The van der Waals surface area contributed by atoms with E-state index in [1.807, 2.05) is 0 Å². The summed E-state index contributed by atoms with van der Waals surface area (Å²) in [6.45, 7) is 4.19. The molecule has 0 bridgehead atoms. The summed E-state index contributed by atoms with van der Waals surface area (Å²) in [5, 5.41) is 4.61. The normalized spacial score (nSPS) is 11.7. The number of hydrogen-bond donors (Lipinski definition) is 0. The molecule has 0 fully saturated rings. The molecule has 0 saturated heterocycles. The van der Waals surface area contributed by atoms with E-state index in [9.17, 15) is 0 Å². The zero-order valence-corrected chi connectivity index (χ0v) is 16.9. The summed E-state index contributed by atoms with van der Waals surface area (Å²) in [7, 11) is 0. The molecule has 0 unspecified atom stereocenters. The molecule has 6 aromatic rings. The van der Waals surface area contributed by atoms with Gasteiger partial charge in [0.2, 0.25) is 0 Å². The van der Waals surface area contributed by atoms with E-state index in [2.05, 4.69) is 98.8 Å². The molecule has 2 aromatic heterocycles. The topological polar surface area (TPSA) is 26.3 Å². The fourth-order valence-corrected chi connectivity index (χ4v) is 4.17. The Bertz CT molecular complexity index is 1410. The van der Waals surface area contributed by atoms with Gasteiger partial charge in [0.15, 0.2) is 0 Å². The van der Waals surface area contributed by atoms with Gasteiger partial charge in [-0.2, -0.15) is 0 Å².